The largest absolute Gasteiger partial charge is 0.480 e. The molecule has 4 heteroatoms. The zero-order chi connectivity index (χ0) is 13.4. The molecule has 0 aromatic heterocycles. The summed E-state index contributed by atoms with van der Waals surface area (Å²) in [5.41, 5.74) is 0. The Morgan fingerprint density at radius 2 is 1.82 bits per heavy atom. The molecule has 0 heterocycles. The first kappa shape index (κ1) is 15.9. The number of nitrogens with zero attached hydrogens (tertiary/aromatic N) is 1. The van der Waals surface area contributed by atoms with Crippen LogP contribution < -0.4 is 0 Å². The molecular weight excluding hydrogens is 218 g/mol. The third-order valence-corrected chi connectivity index (χ3v) is 2.57. The fraction of sp³-hybridized carbons (Fsp3) is 0.846. The smallest absolute Gasteiger partial charge is 0.323 e. The third-order valence-electron chi connectivity index (χ3n) is 2.57. The van der Waals surface area contributed by atoms with Crippen LogP contribution in [0.1, 0.15) is 47.0 Å². The molecule has 0 bridgehead atoms. The van der Waals surface area contributed by atoms with Gasteiger partial charge in [0.1, 0.15) is 6.54 Å². The lowest BCUT2D eigenvalue weighted by Crippen LogP contribution is -2.37. The number of amides is 1. The second-order valence-corrected chi connectivity index (χ2v) is 5.15. The van der Waals surface area contributed by atoms with Crippen molar-refractivity contribution in [3.05, 3.63) is 0 Å². The van der Waals surface area contributed by atoms with Gasteiger partial charge in [-0.3, -0.25) is 9.59 Å². The Hall–Kier alpha value is -1.06. The summed E-state index contributed by atoms with van der Waals surface area (Å²) in [4.78, 5) is 24.0. The van der Waals surface area contributed by atoms with Gasteiger partial charge in [-0.05, 0) is 24.7 Å². The molecule has 0 radical (unpaired) electrons. The molecule has 0 saturated carbocycles. The van der Waals surface area contributed by atoms with E-state index in [1.807, 2.05) is 13.8 Å². The molecule has 1 unspecified atom stereocenters. The van der Waals surface area contributed by atoms with Crippen LogP contribution in [0.15, 0.2) is 0 Å². The molecule has 0 fully saturated rings. The number of carboxylic acid groups (broad SMARTS) is 1. The van der Waals surface area contributed by atoms with Crippen LogP contribution in [0.25, 0.3) is 0 Å². The molecule has 17 heavy (non-hydrogen) atoms. The summed E-state index contributed by atoms with van der Waals surface area (Å²) < 4.78 is 0. The SMILES string of the molecule is CCCN(CC(=O)O)C(=O)CC(C)CC(C)C. The standard InChI is InChI=1S/C13H25NO3/c1-5-6-14(9-13(16)17)12(15)8-11(4)7-10(2)3/h10-11H,5-9H2,1-4H3,(H,16,17). The van der Waals surface area contributed by atoms with E-state index in [0.717, 1.165) is 12.8 Å². The van der Waals surface area contributed by atoms with Crippen molar-refractivity contribution in [3.63, 3.8) is 0 Å². The molecule has 0 spiro atoms. The average molecular weight is 243 g/mol. The minimum absolute atomic E-state index is 0.0394. The molecule has 0 aliphatic heterocycles. The lowest BCUT2D eigenvalue weighted by molar-refractivity contribution is -0.144. The molecule has 1 atom stereocenters. The predicted octanol–water partition coefficient (Wildman–Crippen LogP) is 2.38. The van der Waals surface area contributed by atoms with Gasteiger partial charge in [0, 0.05) is 13.0 Å². The number of carbonyl (C=O) groups excluding carboxylic acids is 1. The van der Waals surface area contributed by atoms with E-state index in [1.54, 1.807) is 0 Å². The number of rotatable bonds is 8. The van der Waals surface area contributed by atoms with Crippen LogP contribution in [0.4, 0.5) is 0 Å². The highest BCUT2D eigenvalue weighted by Gasteiger charge is 2.18. The molecule has 0 saturated heterocycles. The summed E-state index contributed by atoms with van der Waals surface area (Å²) in [7, 11) is 0. The van der Waals surface area contributed by atoms with E-state index in [9.17, 15) is 9.59 Å². The minimum atomic E-state index is -0.941. The van der Waals surface area contributed by atoms with Crippen molar-refractivity contribution >= 4 is 11.9 Å². The van der Waals surface area contributed by atoms with E-state index in [4.69, 9.17) is 5.11 Å². The van der Waals surface area contributed by atoms with Gasteiger partial charge in [-0.25, -0.2) is 0 Å². The summed E-state index contributed by atoms with van der Waals surface area (Å²) in [5.74, 6) is -0.0988. The highest BCUT2D eigenvalue weighted by atomic mass is 16.4. The normalized spacial score (nSPS) is 12.5. The van der Waals surface area contributed by atoms with Crippen LogP contribution in [0, 0.1) is 11.8 Å². The van der Waals surface area contributed by atoms with Crippen LogP contribution in [0.2, 0.25) is 0 Å². The zero-order valence-electron chi connectivity index (χ0n) is 11.4. The Bertz CT molecular complexity index is 251. The summed E-state index contributed by atoms with van der Waals surface area (Å²) in [6, 6.07) is 0. The van der Waals surface area contributed by atoms with Crippen LogP contribution >= 0.6 is 0 Å². The van der Waals surface area contributed by atoms with E-state index < -0.39 is 5.97 Å². The van der Waals surface area contributed by atoms with Crippen LogP contribution in [0.5, 0.6) is 0 Å². The van der Waals surface area contributed by atoms with Crippen molar-refractivity contribution in [1.29, 1.82) is 0 Å². The molecule has 1 amide bonds. The number of hydrogen-bond donors (Lipinski definition) is 1. The maximum atomic E-state index is 11.9. The maximum absolute atomic E-state index is 11.9. The van der Waals surface area contributed by atoms with Crippen molar-refractivity contribution in [2.75, 3.05) is 13.1 Å². The first-order chi connectivity index (χ1) is 7.86. The van der Waals surface area contributed by atoms with Crippen LogP contribution in [-0.4, -0.2) is 35.0 Å². The molecule has 0 aliphatic rings. The van der Waals surface area contributed by atoms with Gasteiger partial charge in [0.25, 0.3) is 0 Å². The van der Waals surface area contributed by atoms with Crippen molar-refractivity contribution in [2.24, 2.45) is 11.8 Å². The van der Waals surface area contributed by atoms with Gasteiger partial charge < -0.3 is 10.0 Å². The fourth-order valence-electron chi connectivity index (χ4n) is 2.04. The van der Waals surface area contributed by atoms with E-state index in [1.165, 1.54) is 4.90 Å². The Morgan fingerprint density at radius 1 is 1.24 bits per heavy atom. The summed E-state index contributed by atoms with van der Waals surface area (Å²) >= 11 is 0. The van der Waals surface area contributed by atoms with Gasteiger partial charge in [0.2, 0.25) is 5.91 Å². The van der Waals surface area contributed by atoms with Gasteiger partial charge in [-0.1, -0.05) is 27.7 Å². The third kappa shape index (κ3) is 7.77. The molecule has 100 valence electrons. The number of hydrogen-bond acceptors (Lipinski definition) is 2. The topological polar surface area (TPSA) is 57.6 Å². The van der Waals surface area contributed by atoms with E-state index in [-0.39, 0.29) is 12.5 Å². The van der Waals surface area contributed by atoms with E-state index in [2.05, 4.69) is 13.8 Å². The van der Waals surface area contributed by atoms with Crippen LogP contribution in [-0.2, 0) is 9.59 Å². The Kier molecular flexibility index (Phi) is 7.59. The van der Waals surface area contributed by atoms with Gasteiger partial charge >= 0.3 is 5.97 Å². The van der Waals surface area contributed by atoms with Gasteiger partial charge in [0.05, 0.1) is 0 Å². The first-order valence-corrected chi connectivity index (χ1v) is 6.36. The van der Waals surface area contributed by atoms with Gasteiger partial charge in [-0.2, -0.15) is 0 Å². The highest BCUT2D eigenvalue weighted by molar-refractivity contribution is 5.81. The first-order valence-electron chi connectivity index (χ1n) is 6.36. The molecule has 4 nitrogen and oxygen atoms in total. The number of carbonyl (C=O) groups is 2. The molecular formula is C13H25NO3. The Morgan fingerprint density at radius 3 is 2.24 bits per heavy atom. The average Bonchev–Trinajstić information content (AvgIpc) is 2.14. The Labute approximate surface area is 104 Å². The van der Waals surface area contributed by atoms with Gasteiger partial charge in [0.15, 0.2) is 0 Å². The molecule has 1 N–H and O–H groups in total. The maximum Gasteiger partial charge on any atom is 0.323 e. The zero-order valence-corrected chi connectivity index (χ0v) is 11.4. The molecule has 0 aromatic carbocycles. The molecule has 0 aliphatic carbocycles. The molecule has 0 aromatic rings. The fourth-order valence-corrected chi connectivity index (χ4v) is 2.04. The minimum Gasteiger partial charge on any atom is -0.480 e. The van der Waals surface area contributed by atoms with Crippen molar-refractivity contribution < 1.29 is 14.7 Å². The number of aliphatic carboxylic acids is 1. The van der Waals surface area contributed by atoms with E-state index >= 15 is 0 Å². The quantitative estimate of drug-likeness (QED) is 0.712. The summed E-state index contributed by atoms with van der Waals surface area (Å²) in [6.07, 6.45) is 2.24. The second kappa shape index (κ2) is 8.09. The van der Waals surface area contributed by atoms with Gasteiger partial charge in [-0.15, -0.1) is 0 Å². The van der Waals surface area contributed by atoms with Crippen molar-refractivity contribution in [2.45, 2.75) is 47.0 Å². The number of carboxylic acids is 1. The monoisotopic (exact) mass is 243 g/mol. The predicted molar refractivity (Wildman–Crippen MR) is 67.7 cm³/mol. The van der Waals surface area contributed by atoms with Crippen molar-refractivity contribution in [3.8, 4) is 0 Å². The van der Waals surface area contributed by atoms with Crippen LogP contribution in [0.3, 0.4) is 0 Å². The second-order valence-electron chi connectivity index (χ2n) is 5.15. The molecule has 0 rings (SSSR count). The van der Waals surface area contributed by atoms with Crippen molar-refractivity contribution in [1.82, 2.24) is 4.90 Å². The van der Waals surface area contributed by atoms with E-state index in [0.29, 0.717) is 24.8 Å². The lowest BCUT2D eigenvalue weighted by atomic mass is 9.95. The highest BCUT2D eigenvalue weighted by Crippen LogP contribution is 2.15. The Balaban J connectivity index is 4.26. The lowest BCUT2D eigenvalue weighted by Gasteiger charge is -2.22. The summed E-state index contributed by atoms with van der Waals surface area (Å²) in [6.45, 7) is 8.59. The summed E-state index contributed by atoms with van der Waals surface area (Å²) in [5, 5.41) is 8.75.